The summed E-state index contributed by atoms with van der Waals surface area (Å²) in [5.74, 6) is 0.291. The van der Waals surface area contributed by atoms with Crippen molar-refractivity contribution in [3.63, 3.8) is 0 Å². The number of amides is 1. The molecular weight excluding hydrogens is 328 g/mol. The van der Waals surface area contributed by atoms with Gasteiger partial charge in [-0.2, -0.15) is 0 Å². The van der Waals surface area contributed by atoms with E-state index in [4.69, 9.17) is 4.74 Å². The van der Waals surface area contributed by atoms with Gasteiger partial charge in [-0.3, -0.25) is 4.79 Å². The second-order valence-electron chi connectivity index (χ2n) is 4.96. The number of para-hydroxylation sites is 1. The first-order valence-electron chi connectivity index (χ1n) is 7.50. The van der Waals surface area contributed by atoms with Gasteiger partial charge in [0.2, 0.25) is 10.0 Å². The largest absolute Gasteiger partial charge is 0.493 e. The van der Waals surface area contributed by atoms with E-state index in [0.29, 0.717) is 24.5 Å². The predicted octanol–water partition coefficient (Wildman–Crippen LogP) is 1.92. The predicted molar refractivity (Wildman–Crippen MR) is 91.5 cm³/mol. The molecule has 0 radical (unpaired) electrons. The molecule has 0 heterocycles. The van der Waals surface area contributed by atoms with Crippen LogP contribution in [0.5, 0.6) is 5.75 Å². The van der Waals surface area contributed by atoms with Gasteiger partial charge in [-0.05, 0) is 43.8 Å². The van der Waals surface area contributed by atoms with Crippen LogP contribution in [-0.4, -0.2) is 28.0 Å². The maximum atomic E-state index is 12.3. The maximum absolute atomic E-state index is 12.3. The van der Waals surface area contributed by atoms with Crippen molar-refractivity contribution in [3.8, 4) is 5.75 Å². The zero-order valence-electron chi connectivity index (χ0n) is 13.6. The first kappa shape index (κ1) is 18.0. The quantitative estimate of drug-likeness (QED) is 0.801. The molecule has 2 aromatic carbocycles. The fourth-order valence-corrected chi connectivity index (χ4v) is 2.85. The van der Waals surface area contributed by atoms with E-state index in [1.54, 1.807) is 30.3 Å². The number of sulfonamides is 1. The summed E-state index contributed by atoms with van der Waals surface area (Å²) in [5.41, 5.74) is 1.26. The number of benzene rings is 2. The normalized spacial score (nSPS) is 11.1. The third-order valence-corrected chi connectivity index (χ3v) is 4.82. The van der Waals surface area contributed by atoms with Gasteiger partial charge in [0.25, 0.3) is 5.91 Å². The Morgan fingerprint density at radius 3 is 2.38 bits per heavy atom. The summed E-state index contributed by atoms with van der Waals surface area (Å²) in [6.07, 6.45) is 0. The molecule has 0 fully saturated rings. The van der Waals surface area contributed by atoms with Crippen LogP contribution < -0.4 is 14.8 Å². The molecule has 0 saturated heterocycles. The number of hydrogen-bond acceptors (Lipinski definition) is 4. The third-order valence-electron chi connectivity index (χ3n) is 3.39. The molecule has 2 N–H and O–H groups in total. The summed E-state index contributed by atoms with van der Waals surface area (Å²) < 4.78 is 31.0. The Morgan fingerprint density at radius 1 is 1.08 bits per heavy atom. The van der Waals surface area contributed by atoms with Gasteiger partial charge in [-0.25, -0.2) is 13.1 Å². The summed E-state index contributed by atoms with van der Waals surface area (Å²) in [6.45, 7) is 2.63. The van der Waals surface area contributed by atoms with E-state index in [0.717, 1.165) is 5.56 Å². The summed E-state index contributed by atoms with van der Waals surface area (Å²) in [5, 5.41) is 2.80. The standard InChI is InChI=1S/C17H20N2O4S/c1-3-23-16-7-5-4-6-15(16)17(20)19-12-13-8-10-14(11-9-13)24(21,22)18-2/h4-11,18H,3,12H2,1-2H3,(H,19,20). The van der Waals surface area contributed by atoms with Crippen LogP contribution >= 0.6 is 0 Å². The van der Waals surface area contributed by atoms with E-state index < -0.39 is 10.0 Å². The second kappa shape index (κ2) is 7.94. The molecule has 24 heavy (non-hydrogen) atoms. The van der Waals surface area contributed by atoms with Crippen molar-refractivity contribution in [2.45, 2.75) is 18.4 Å². The van der Waals surface area contributed by atoms with Crippen molar-refractivity contribution >= 4 is 15.9 Å². The number of rotatable bonds is 7. The van der Waals surface area contributed by atoms with Gasteiger partial charge in [0.1, 0.15) is 5.75 Å². The molecule has 1 amide bonds. The average Bonchev–Trinajstić information content (AvgIpc) is 2.61. The first-order valence-corrected chi connectivity index (χ1v) is 8.98. The van der Waals surface area contributed by atoms with Crippen LogP contribution in [0.15, 0.2) is 53.4 Å². The van der Waals surface area contributed by atoms with Crippen molar-refractivity contribution in [2.24, 2.45) is 0 Å². The molecule has 2 aromatic rings. The minimum atomic E-state index is -3.46. The van der Waals surface area contributed by atoms with E-state index in [1.807, 2.05) is 13.0 Å². The maximum Gasteiger partial charge on any atom is 0.255 e. The van der Waals surface area contributed by atoms with E-state index in [9.17, 15) is 13.2 Å². The van der Waals surface area contributed by atoms with Crippen LogP contribution in [0.2, 0.25) is 0 Å². The molecule has 0 spiro atoms. The lowest BCUT2D eigenvalue weighted by molar-refractivity contribution is 0.0947. The molecule has 0 saturated carbocycles. The summed E-state index contributed by atoms with van der Waals surface area (Å²) in [6, 6.07) is 13.4. The van der Waals surface area contributed by atoms with Gasteiger partial charge in [-0.15, -0.1) is 0 Å². The zero-order chi connectivity index (χ0) is 17.6. The second-order valence-corrected chi connectivity index (χ2v) is 6.85. The molecule has 0 unspecified atom stereocenters. The van der Waals surface area contributed by atoms with Crippen LogP contribution in [0, 0.1) is 0 Å². The Hall–Kier alpha value is -2.38. The van der Waals surface area contributed by atoms with Crippen molar-refractivity contribution in [1.29, 1.82) is 0 Å². The molecule has 6 nitrogen and oxygen atoms in total. The van der Waals surface area contributed by atoms with E-state index in [2.05, 4.69) is 10.0 Å². The van der Waals surface area contributed by atoms with Crippen molar-refractivity contribution in [2.75, 3.05) is 13.7 Å². The van der Waals surface area contributed by atoms with Crippen LogP contribution in [0.1, 0.15) is 22.8 Å². The molecule has 0 aliphatic rings. The van der Waals surface area contributed by atoms with E-state index in [-0.39, 0.29) is 10.8 Å². The Labute approximate surface area is 141 Å². The highest BCUT2D eigenvalue weighted by Crippen LogP contribution is 2.18. The lowest BCUT2D eigenvalue weighted by Gasteiger charge is -2.10. The molecule has 0 aliphatic carbocycles. The SMILES string of the molecule is CCOc1ccccc1C(=O)NCc1ccc(S(=O)(=O)NC)cc1. The van der Waals surface area contributed by atoms with Crippen molar-refractivity contribution in [1.82, 2.24) is 10.0 Å². The Bertz CT molecular complexity index is 802. The van der Waals surface area contributed by atoms with Gasteiger partial charge >= 0.3 is 0 Å². The molecular formula is C17H20N2O4S. The lowest BCUT2D eigenvalue weighted by atomic mass is 10.1. The van der Waals surface area contributed by atoms with Gasteiger partial charge in [-0.1, -0.05) is 24.3 Å². The highest BCUT2D eigenvalue weighted by atomic mass is 32.2. The monoisotopic (exact) mass is 348 g/mol. The number of ether oxygens (including phenoxy) is 1. The highest BCUT2D eigenvalue weighted by molar-refractivity contribution is 7.89. The van der Waals surface area contributed by atoms with Gasteiger partial charge in [0.15, 0.2) is 0 Å². The number of hydrogen-bond donors (Lipinski definition) is 2. The Balaban J connectivity index is 2.05. The minimum absolute atomic E-state index is 0.182. The zero-order valence-corrected chi connectivity index (χ0v) is 14.4. The number of nitrogens with one attached hydrogen (secondary N) is 2. The van der Waals surface area contributed by atoms with Crippen molar-refractivity contribution < 1.29 is 17.9 Å². The Morgan fingerprint density at radius 2 is 1.75 bits per heavy atom. The summed E-state index contributed by atoms with van der Waals surface area (Å²) in [4.78, 5) is 12.5. The van der Waals surface area contributed by atoms with E-state index in [1.165, 1.54) is 19.2 Å². The molecule has 0 atom stereocenters. The van der Waals surface area contributed by atoms with Crippen LogP contribution in [0.4, 0.5) is 0 Å². The minimum Gasteiger partial charge on any atom is -0.493 e. The average molecular weight is 348 g/mol. The molecule has 0 bridgehead atoms. The van der Waals surface area contributed by atoms with Gasteiger partial charge in [0, 0.05) is 6.54 Å². The summed E-state index contributed by atoms with van der Waals surface area (Å²) >= 11 is 0. The Kier molecular flexibility index (Phi) is 5.94. The van der Waals surface area contributed by atoms with Crippen LogP contribution in [0.3, 0.4) is 0 Å². The van der Waals surface area contributed by atoms with Crippen LogP contribution in [-0.2, 0) is 16.6 Å². The topological polar surface area (TPSA) is 84.5 Å². The molecule has 2 rings (SSSR count). The first-order chi connectivity index (χ1) is 11.5. The van der Waals surface area contributed by atoms with Gasteiger partial charge < -0.3 is 10.1 Å². The van der Waals surface area contributed by atoms with Crippen LogP contribution in [0.25, 0.3) is 0 Å². The number of carbonyl (C=O) groups excluding carboxylic acids is 1. The summed E-state index contributed by atoms with van der Waals surface area (Å²) in [7, 11) is -2.09. The smallest absolute Gasteiger partial charge is 0.255 e. The molecule has 7 heteroatoms. The number of carbonyl (C=O) groups is 1. The molecule has 0 aromatic heterocycles. The lowest BCUT2D eigenvalue weighted by Crippen LogP contribution is -2.23. The molecule has 128 valence electrons. The fraction of sp³-hybridized carbons (Fsp3) is 0.235. The molecule has 0 aliphatic heterocycles. The third kappa shape index (κ3) is 4.33. The van der Waals surface area contributed by atoms with E-state index >= 15 is 0 Å². The van der Waals surface area contributed by atoms with Crippen molar-refractivity contribution in [3.05, 3.63) is 59.7 Å². The highest BCUT2D eigenvalue weighted by Gasteiger charge is 2.13. The fourth-order valence-electron chi connectivity index (χ4n) is 2.12. The van der Waals surface area contributed by atoms with Gasteiger partial charge in [0.05, 0.1) is 17.1 Å².